The van der Waals surface area contributed by atoms with Crippen molar-refractivity contribution >= 4 is 56.4 Å². The number of ether oxygens (including phenoxy) is 2. The minimum Gasteiger partial charge on any atom is -0.508 e. The first-order valence-corrected chi connectivity index (χ1v) is 28.0. The zero-order chi connectivity index (χ0) is 55.0. The van der Waals surface area contributed by atoms with Crippen molar-refractivity contribution in [2.75, 3.05) is 77.1 Å². The minimum atomic E-state index is -1.03. The Morgan fingerprint density at radius 1 is 0.937 bits per heavy atom. The third-order valence-corrected chi connectivity index (χ3v) is 18.5. The highest BCUT2D eigenvalue weighted by molar-refractivity contribution is 6.03. The standard InChI is InChI=1S/C59H66F2N10O8/c1-4-41-44(60)10-8-39-28-40(72)30-42(49(39)41)51-50(61)52-43(31-62-51)53(69-21-5-18-58(2,77)33-69)65-55(64-52)78-34-59-19-6-26-71(59,27-7-20-59)35-79-57(76)68-24-14-36(15-25-68)32-67-22-16-37(17-23-67)38-9-11-45-47(29-38)66(3)56(75)70(45)46-12-13-48(73)63-54(46)74/h1,8-11,28-31,36-37,46,77H,5-7,12-27,32-35H2,2-3H3,(H-,63,72,73,74)/p+1/t46?,58-,59?,71?/m1/s1. The number of aliphatic hydroxyl groups is 1. The Kier molecular flexibility index (Phi) is 13.6. The van der Waals surface area contributed by atoms with E-state index in [1.807, 2.05) is 15.9 Å². The smallest absolute Gasteiger partial charge is 0.414 e. The molecule has 0 bridgehead atoms. The molecule has 0 radical (unpaired) electrons. The zero-order valence-electron chi connectivity index (χ0n) is 44.8. The average molecular weight is 1080 g/mol. The molecule has 18 nitrogen and oxygen atoms in total. The van der Waals surface area contributed by atoms with Crippen LogP contribution in [0, 0.1) is 29.9 Å². The van der Waals surface area contributed by atoms with Crippen LogP contribution in [0.3, 0.4) is 0 Å². The number of pyridine rings is 1. The molecule has 6 aliphatic rings. The molecular formula is C59H67F2N10O8+. The lowest BCUT2D eigenvalue weighted by Gasteiger charge is -2.43. The van der Waals surface area contributed by atoms with Crippen LogP contribution in [0.5, 0.6) is 11.8 Å². The molecule has 3 N–H and O–H groups in total. The van der Waals surface area contributed by atoms with Gasteiger partial charge in [0.05, 0.1) is 40.7 Å². The summed E-state index contributed by atoms with van der Waals surface area (Å²) in [5.74, 6) is 1.10. The summed E-state index contributed by atoms with van der Waals surface area (Å²) in [7, 11) is 1.73. The van der Waals surface area contributed by atoms with E-state index >= 15 is 8.78 Å². The fourth-order valence-corrected chi connectivity index (χ4v) is 14.3. The lowest BCUT2D eigenvalue weighted by molar-refractivity contribution is -0.966. The molecule has 0 spiro atoms. The number of piperidine rings is 4. The predicted molar refractivity (Wildman–Crippen MR) is 291 cm³/mol. The van der Waals surface area contributed by atoms with Crippen LogP contribution in [-0.2, 0) is 21.4 Å². The van der Waals surface area contributed by atoms with Crippen molar-refractivity contribution in [1.82, 2.24) is 39.2 Å². The van der Waals surface area contributed by atoms with Gasteiger partial charge in [0.1, 0.15) is 46.8 Å². The van der Waals surface area contributed by atoms with Gasteiger partial charge in [0.15, 0.2) is 5.82 Å². The van der Waals surface area contributed by atoms with Gasteiger partial charge in [0, 0.05) is 89.0 Å². The molecular weight excluding hydrogens is 1010 g/mol. The number of carbonyl (C=O) groups is 3. The fraction of sp³-hybridized carbons (Fsp3) is 0.508. The van der Waals surface area contributed by atoms with Crippen LogP contribution in [0.1, 0.15) is 107 Å². The highest BCUT2D eigenvalue weighted by atomic mass is 19.1. The number of aromatic hydroxyl groups is 1. The van der Waals surface area contributed by atoms with Crippen LogP contribution in [0.15, 0.2) is 53.5 Å². The molecule has 6 fully saturated rings. The highest BCUT2D eigenvalue weighted by Crippen LogP contribution is 2.47. The Labute approximate surface area is 455 Å². The molecule has 3 aromatic heterocycles. The number of aryl methyl sites for hydroxylation is 1. The lowest BCUT2D eigenvalue weighted by atomic mass is 9.88. The molecule has 1 unspecified atom stereocenters. The molecule has 6 aliphatic heterocycles. The number of imide groups is 1. The third kappa shape index (κ3) is 9.50. The third-order valence-electron chi connectivity index (χ3n) is 18.5. The summed E-state index contributed by atoms with van der Waals surface area (Å²) in [4.78, 5) is 72.1. The van der Waals surface area contributed by atoms with Gasteiger partial charge in [-0.1, -0.05) is 18.1 Å². The number of hydrogen-bond donors (Lipinski definition) is 3. The van der Waals surface area contributed by atoms with E-state index in [4.69, 9.17) is 25.9 Å². The molecule has 0 saturated carbocycles. The summed E-state index contributed by atoms with van der Waals surface area (Å²) in [5.41, 5.74) is 0.687. The maximum atomic E-state index is 17.3. The number of nitrogens with one attached hydrogen (secondary N) is 1. The highest BCUT2D eigenvalue weighted by Gasteiger charge is 2.60. The molecule has 2 atom stereocenters. The van der Waals surface area contributed by atoms with E-state index in [1.54, 1.807) is 18.5 Å². The Hall–Kier alpha value is -7.21. The second-order valence-corrected chi connectivity index (χ2v) is 23.5. The van der Waals surface area contributed by atoms with Crippen LogP contribution < -0.4 is 20.6 Å². The number of phenols is 1. The van der Waals surface area contributed by atoms with Crippen molar-refractivity contribution in [3.05, 3.63) is 81.9 Å². The number of hydrogen-bond acceptors (Lipinski definition) is 13. The molecule has 414 valence electrons. The van der Waals surface area contributed by atoms with Gasteiger partial charge in [-0.3, -0.25) is 33.5 Å². The molecule has 0 aliphatic carbocycles. The number of halogens is 2. The second kappa shape index (κ2) is 20.5. The number of β-amino-alcohol motifs (C(OH)–C–C–N with tert-alkyl or cyclic N) is 1. The Morgan fingerprint density at radius 3 is 2.44 bits per heavy atom. The van der Waals surface area contributed by atoms with Gasteiger partial charge in [-0.2, -0.15) is 9.97 Å². The minimum absolute atomic E-state index is 0.0529. The number of benzene rings is 3. The first-order valence-electron chi connectivity index (χ1n) is 28.0. The number of nitrogens with zero attached hydrogens (tertiary/aromatic N) is 9. The van der Waals surface area contributed by atoms with Gasteiger partial charge in [-0.15, -0.1) is 6.42 Å². The van der Waals surface area contributed by atoms with Crippen molar-refractivity contribution in [1.29, 1.82) is 0 Å². The SMILES string of the molecule is C#Cc1c(F)ccc2cc(O)cc(-c3ncc4c(N5CCC[C@@](C)(O)C5)nc(OCC56CCC[N+]5(COC(=O)N5CCC(CN7CCC(c8ccc9c(c8)n(C)c(=O)n9C8CCC(=O)NC8=O)CC7)CC5)CCC6)nc4c3F)c12. The molecule has 3 amide bonds. The lowest BCUT2D eigenvalue weighted by Crippen LogP contribution is -2.61. The van der Waals surface area contributed by atoms with Crippen molar-refractivity contribution in [2.45, 2.75) is 107 Å². The number of terminal acetylenes is 1. The van der Waals surface area contributed by atoms with Crippen LogP contribution in [-0.4, -0.2) is 150 Å². The normalized spacial score (nSPS) is 25.3. The topological polar surface area (TPSA) is 197 Å². The molecule has 79 heavy (non-hydrogen) atoms. The number of anilines is 1. The summed E-state index contributed by atoms with van der Waals surface area (Å²) in [6, 6.07) is 10.8. The summed E-state index contributed by atoms with van der Waals surface area (Å²) in [5, 5.41) is 25.2. The fourth-order valence-electron chi connectivity index (χ4n) is 14.3. The zero-order valence-corrected chi connectivity index (χ0v) is 44.8. The number of aromatic nitrogens is 5. The van der Waals surface area contributed by atoms with Gasteiger partial charge in [0.25, 0.3) is 0 Å². The molecule has 6 aromatic rings. The van der Waals surface area contributed by atoms with Crippen LogP contribution >= 0.6 is 0 Å². The Morgan fingerprint density at radius 2 is 1.71 bits per heavy atom. The van der Waals surface area contributed by atoms with E-state index in [9.17, 15) is 29.4 Å². The number of fused-ring (bicyclic) bond motifs is 4. The van der Waals surface area contributed by atoms with E-state index < -0.39 is 34.7 Å². The number of phenolic OH excluding ortho intramolecular Hbond substituents is 1. The molecule has 20 heteroatoms. The predicted octanol–water partition coefficient (Wildman–Crippen LogP) is 7.00. The Bertz CT molecular complexity index is 3530. The molecule has 9 heterocycles. The molecule has 12 rings (SSSR count). The van der Waals surface area contributed by atoms with E-state index in [2.05, 4.69) is 33.3 Å². The van der Waals surface area contributed by atoms with Gasteiger partial charge < -0.3 is 34.4 Å². The van der Waals surface area contributed by atoms with E-state index in [1.165, 1.54) is 40.6 Å². The largest absolute Gasteiger partial charge is 0.508 e. The van der Waals surface area contributed by atoms with Crippen molar-refractivity contribution in [2.24, 2.45) is 13.0 Å². The number of likely N-dealkylation sites (tertiary alicyclic amines) is 2. The summed E-state index contributed by atoms with van der Waals surface area (Å²) >= 11 is 0. The summed E-state index contributed by atoms with van der Waals surface area (Å²) in [6.07, 6.45) is 15.9. The quantitative estimate of drug-likeness (QED) is 0.0682. The maximum absolute atomic E-state index is 17.3. The van der Waals surface area contributed by atoms with Crippen molar-refractivity contribution < 1.29 is 47.3 Å². The van der Waals surface area contributed by atoms with Crippen LogP contribution in [0.4, 0.5) is 19.4 Å². The second-order valence-electron chi connectivity index (χ2n) is 23.5. The first-order chi connectivity index (χ1) is 38.0. The van der Waals surface area contributed by atoms with Gasteiger partial charge in [0.2, 0.25) is 18.5 Å². The van der Waals surface area contributed by atoms with E-state index in [0.29, 0.717) is 77.3 Å². The maximum Gasteiger partial charge on any atom is 0.414 e. The van der Waals surface area contributed by atoms with Crippen LogP contribution in [0.25, 0.3) is 44.0 Å². The average Bonchev–Trinajstić information content (AvgIpc) is 4.31. The van der Waals surface area contributed by atoms with E-state index in [0.717, 1.165) is 89.6 Å². The van der Waals surface area contributed by atoms with Crippen molar-refractivity contribution in [3.63, 3.8) is 0 Å². The molecule has 6 saturated heterocycles. The monoisotopic (exact) mass is 1080 g/mol. The molecule has 3 aromatic carbocycles. The Balaban J connectivity index is 0.690. The summed E-state index contributed by atoms with van der Waals surface area (Å²) < 4.78 is 49.0. The number of amides is 3. The van der Waals surface area contributed by atoms with Crippen LogP contribution in [0.2, 0.25) is 0 Å². The van der Waals surface area contributed by atoms with Gasteiger partial charge in [-0.05, 0) is 118 Å². The first kappa shape index (κ1) is 52.5. The number of imidazole rings is 1. The van der Waals surface area contributed by atoms with Crippen molar-refractivity contribution in [3.8, 4) is 35.4 Å². The van der Waals surface area contributed by atoms with Gasteiger partial charge >= 0.3 is 17.8 Å². The summed E-state index contributed by atoms with van der Waals surface area (Å²) in [6.45, 7) is 8.69. The van der Waals surface area contributed by atoms with Gasteiger partial charge in [-0.25, -0.2) is 18.4 Å². The number of carbonyl (C=O) groups excluding carboxylic acids is 3. The van der Waals surface area contributed by atoms with E-state index in [-0.39, 0.29) is 83.5 Å². The number of quaternary nitrogens is 1. The number of rotatable bonds is 11.